The van der Waals surface area contributed by atoms with Crippen LogP contribution in [0, 0.1) is 11.3 Å². The number of piperazine rings is 1. The molecule has 4 heterocycles. The number of thiophene rings is 1. The van der Waals surface area contributed by atoms with Crippen LogP contribution in [0.4, 0.5) is 0 Å². The van der Waals surface area contributed by atoms with E-state index in [1.165, 1.54) is 16.9 Å². The first-order valence-corrected chi connectivity index (χ1v) is 11.0. The molecule has 1 aliphatic heterocycles. The van der Waals surface area contributed by atoms with Crippen LogP contribution in [-0.2, 0) is 12.8 Å². The van der Waals surface area contributed by atoms with Gasteiger partial charge in [-0.25, -0.2) is 14.5 Å². The van der Waals surface area contributed by atoms with Crippen LogP contribution in [0.25, 0.3) is 15.9 Å². The molecule has 0 radical (unpaired) electrons. The summed E-state index contributed by atoms with van der Waals surface area (Å²) in [6.07, 6.45) is 5.05. The van der Waals surface area contributed by atoms with Crippen molar-refractivity contribution in [2.24, 2.45) is 11.3 Å². The van der Waals surface area contributed by atoms with Crippen molar-refractivity contribution < 1.29 is 10.1 Å². The molecule has 1 fully saturated rings. The van der Waals surface area contributed by atoms with E-state index in [0.29, 0.717) is 17.2 Å². The molecule has 7 nitrogen and oxygen atoms in total. The summed E-state index contributed by atoms with van der Waals surface area (Å²) in [6.45, 7) is 10.4. The van der Waals surface area contributed by atoms with Crippen molar-refractivity contribution in [3.63, 3.8) is 0 Å². The van der Waals surface area contributed by atoms with Gasteiger partial charge in [0, 0.05) is 4.88 Å². The highest BCUT2D eigenvalue weighted by Gasteiger charge is 2.32. The number of carbonyl (C=O) groups excluding carboxylic acids is 1. The second-order valence-electron chi connectivity index (χ2n) is 9.10. The summed E-state index contributed by atoms with van der Waals surface area (Å²) in [5, 5.41) is 7.80. The molecule has 0 saturated carbocycles. The molecule has 0 bridgehead atoms. The van der Waals surface area contributed by atoms with E-state index in [-0.39, 0.29) is 5.91 Å². The lowest BCUT2D eigenvalue weighted by atomic mass is 9.72. The maximum atomic E-state index is 12.8. The summed E-state index contributed by atoms with van der Waals surface area (Å²) in [5.41, 5.74) is 2.47. The lowest BCUT2D eigenvalue weighted by Crippen LogP contribution is -2.89. The molecular weight excluding hydrogens is 372 g/mol. The van der Waals surface area contributed by atoms with Gasteiger partial charge in [0.25, 0.3) is 5.91 Å². The van der Waals surface area contributed by atoms with E-state index in [0.717, 1.165) is 54.9 Å². The highest BCUT2D eigenvalue weighted by molar-refractivity contribution is 7.19. The molecule has 28 heavy (non-hydrogen) atoms. The third-order valence-electron chi connectivity index (χ3n) is 6.30. The molecule has 148 valence electrons. The molecule has 1 atom stereocenters. The Morgan fingerprint density at radius 2 is 2.07 bits per heavy atom. The van der Waals surface area contributed by atoms with Crippen LogP contribution in [-0.4, -0.2) is 56.6 Å². The monoisotopic (exact) mass is 399 g/mol. The van der Waals surface area contributed by atoms with Crippen LogP contribution in [0.2, 0.25) is 0 Å². The summed E-state index contributed by atoms with van der Waals surface area (Å²) in [5.74, 6) is 0.913. The van der Waals surface area contributed by atoms with E-state index in [1.807, 2.05) is 4.90 Å². The van der Waals surface area contributed by atoms with Crippen LogP contribution < -0.4 is 5.32 Å². The fraction of sp³-hybridized carbons (Fsp3) is 0.600. The smallest absolute Gasteiger partial charge is 0.293 e. The average Bonchev–Trinajstić information content (AvgIpc) is 3.27. The molecular formula is C20H27N6OS+. The molecule has 5 rings (SSSR count). The zero-order valence-electron chi connectivity index (χ0n) is 16.7. The summed E-state index contributed by atoms with van der Waals surface area (Å²) < 4.78 is 1.69. The van der Waals surface area contributed by atoms with Crippen LogP contribution >= 0.6 is 11.3 Å². The Morgan fingerprint density at radius 1 is 1.29 bits per heavy atom. The number of carbonyl (C=O) groups is 1. The number of aromatic nitrogens is 4. The zero-order valence-corrected chi connectivity index (χ0v) is 17.6. The molecule has 3 aromatic heterocycles. The molecule has 1 amide bonds. The molecule has 3 aromatic rings. The van der Waals surface area contributed by atoms with E-state index >= 15 is 0 Å². The Hall–Kier alpha value is -2.06. The summed E-state index contributed by atoms with van der Waals surface area (Å²) in [4.78, 5) is 26.5. The number of hydrogen-bond acceptors (Lipinski definition) is 5. The fourth-order valence-corrected chi connectivity index (χ4v) is 5.76. The second kappa shape index (κ2) is 6.49. The minimum Gasteiger partial charge on any atom is -0.343 e. The maximum absolute atomic E-state index is 12.8. The number of rotatable bonds is 1. The first kappa shape index (κ1) is 18.0. The Bertz CT molecular complexity index is 1060. The minimum absolute atomic E-state index is 0.0677. The van der Waals surface area contributed by atoms with E-state index in [1.54, 1.807) is 22.2 Å². The number of amides is 1. The van der Waals surface area contributed by atoms with Gasteiger partial charge in [-0.3, -0.25) is 4.79 Å². The summed E-state index contributed by atoms with van der Waals surface area (Å²) in [7, 11) is 0. The first-order valence-electron chi connectivity index (χ1n) is 10.2. The predicted octanol–water partition coefficient (Wildman–Crippen LogP) is 1.51. The minimum atomic E-state index is -0.0677. The third kappa shape index (κ3) is 2.90. The highest BCUT2D eigenvalue weighted by atomic mass is 32.1. The van der Waals surface area contributed by atoms with Gasteiger partial charge in [-0.15, -0.1) is 16.4 Å². The van der Waals surface area contributed by atoms with Gasteiger partial charge in [0.15, 0.2) is 5.65 Å². The number of hydrogen-bond donors (Lipinski definition) is 1. The first-order chi connectivity index (χ1) is 13.4. The zero-order chi connectivity index (χ0) is 19.5. The molecule has 8 heteroatoms. The SMILES string of the molecule is CC(C)(C)[C@H]1CCc2c(sc3ncn4nc(C(=O)N5CC[NH2+]CC5)nc4c23)C1. The Balaban J connectivity index is 1.56. The van der Waals surface area contributed by atoms with Crippen LogP contribution in [0.1, 0.15) is 48.3 Å². The number of quaternary nitrogens is 1. The normalized spacial score (nSPS) is 20.7. The number of nitrogens with two attached hydrogens (primary N) is 1. The van der Waals surface area contributed by atoms with Gasteiger partial charge < -0.3 is 10.2 Å². The third-order valence-corrected chi connectivity index (χ3v) is 7.46. The van der Waals surface area contributed by atoms with Crippen molar-refractivity contribution in [2.45, 2.75) is 40.0 Å². The van der Waals surface area contributed by atoms with Crippen LogP contribution in [0.5, 0.6) is 0 Å². The van der Waals surface area contributed by atoms with Crippen molar-refractivity contribution in [2.75, 3.05) is 26.2 Å². The largest absolute Gasteiger partial charge is 0.343 e. The number of aryl methyl sites for hydroxylation is 1. The van der Waals surface area contributed by atoms with Gasteiger partial charge in [-0.2, -0.15) is 0 Å². The molecule has 1 saturated heterocycles. The van der Waals surface area contributed by atoms with Gasteiger partial charge in [0.2, 0.25) is 5.82 Å². The van der Waals surface area contributed by atoms with Crippen LogP contribution in [0.3, 0.4) is 0 Å². The van der Waals surface area contributed by atoms with Crippen molar-refractivity contribution in [1.82, 2.24) is 24.5 Å². The quantitative estimate of drug-likeness (QED) is 0.673. The Kier molecular flexibility index (Phi) is 4.17. The summed E-state index contributed by atoms with van der Waals surface area (Å²) in [6, 6.07) is 0. The molecule has 0 unspecified atom stereocenters. The van der Waals surface area contributed by atoms with E-state index < -0.39 is 0 Å². The topological polar surface area (TPSA) is 80.0 Å². The van der Waals surface area contributed by atoms with Gasteiger partial charge in [0.05, 0.1) is 31.6 Å². The van der Waals surface area contributed by atoms with Crippen molar-refractivity contribution in [3.05, 3.63) is 22.6 Å². The van der Waals surface area contributed by atoms with E-state index in [2.05, 4.69) is 41.2 Å². The molecule has 2 N–H and O–H groups in total. The van der Waals surface area contributed by atoms with Crippen LogP contribution in [0.15, 0.2) is 6.33 Å². The summed E-state index contributed by atoms with van der Waals surface area (Å²) >= 11 is 1.79. The standard InChI is InChI=1S/C20H26N6OS/c1-20(2,3)12-4-5-13-14(10-12)28-18-15(13)17-23-16(24-26(17)11-22-18)19(27)25-8-6-21-7-9-25/h11-12,21H,4-10H2,1-3H3/p+1/t12-/m0/s1. The van der Waals surface area contributed by atoms with E-state index in [9.17, 15) is 4.79 Å². The van der Waals surface area contributed by atoms with Gasteiger partial charge in [0.1, 0.15) is 11.2 Å². The van der Waals surface area contributed by atoms with Crippen molar-refractivity contribution in [1.29, 1.82) is 0 Å². The number of fused-ring (bicyclic) bond motifs is 5. The lowest BCUT2D eigenvalue weighted by molar-refractivity contribution is -0.661. The second-order valence-corrected chi connectivity index (χ2v) is 10.2. The molecule has 0 aromatic carbocycles. The lowest BCUT2D eigenvalue weighted by Gasteiger charge is -2.33. The highest BCUT2D eigenvalue weighted by Crippen LogP contribution is 2.43. The molecule has 0 spiro atoms. The molecule has 2 aliphatic rings. The Morgan fingerprint density at radius 3 is 2.82 bits per heavy atom. The predicted molar refractivity (Wildman–Crippen MR) is 109 cm³/mol. The number of nitrogens with zero attached hydrogens (tertiary/aromatic N) is 5. The average molecular weight is 400 g/mol. The Labute approximate surface area is 168 Å². The van der Waals surface area contributed by atoms with Gasteiger partial charge >= 0.3 is 0 Å². The molecule has 1 aliphatic carbocycles. The van der Waals surface area contributed by atoms with Crippen molar-refractivity contribution in [3.8, 4) is 0 Å². The van der Waals surface area contributed by atoms with E-state index in [4.69, 9.17) is 0 Å². The van der Waals surface area contributed by atoms with Gasteiger partial charge in [-0.1, -0.05) is 20.8 Å². The van der Waals surface area contributed by atoms with Crippen molar-refractivity contribution >= 4 is 33.1 Å². The maximum Gasteiger partial charge on any atom is 0.293 e. The van der Waals surface area contributed by atoms with Gasteiger partial charge in [-0.05, 0) is 36.2 Å². The fourth-order valence-electron chi connectivity index (χ4n) is 4.50.